The maximum Gasteiger partial charge on any atom is 0.196 e. The summed E-state index contributed by atoms with van der Waals surface area (Å²) in [6.45, 7) is 0. The average molecular weight is 379 g/mol. The average Bonchev–Trinajstić information content (AvgIpc) is 2.81. The van der Waals surface area contributed by atoms with Crippen molar-refractivity contribution < 1.29 is 4.79 Å². The smallest absolute Gasteiger partial charge is 0.196 e. The zero-order valence-corrected chi connectivity index (χ0v) is 13.0. The second kappa shape index (κ2) is 4.94. The van der Waals surface area contributed by atoms with Gasteiger partial charge < -0.3 is 4.98 Å². The Morgan fingerprint density at radius 3 is 2.58 bits per heavy atom. The number of ketones is 1. The summed E-state index contributed by atoms with van der Waals surface area (Å²) in [5, 5.41) is 0.926. The molecule has 0 aliphatic rings. The van der Waals surface area contributed by atoms with E-state index in [4.69, 9.17) is 0 Å². The molecule has 2 nitrogen and oxygen atoms in total. The van der Waals surface area contributed by atoms with Crippen molar-refractivity contribution in [3.63, 3.8) is 0 Å². The van der Waals surface area contributed by atoms with Gasteiger partial charge in [-0.25, -0.2) is 0 Å². The van der Waals surface area contributed by atoms with E-state index < -0.39 is 0 Å². The molecule has 1 heterocycles. The van der Waals surface area contributed by atoms with Gasteiger partial charge in [0.1, 0.15) is 0 Å². The molecule has 19 heavy (non-hydrogen) atoms. The van der Waals surface area contributed by atoms with Crippen LogP contribution in [0.5, 0.6) is 0 Å². The molecular weight excluding hydrogens is 370 g/mol. The molecule has 3 rings (SSSR count). The molecule has 0 unspecified atom stereocenters. The molecule has 2 aromatic carbocycles. The number of carbonyl (C=O) groups excluding carboxylic acids is 1. The summed E-state index contributed by atoms with van der Waals surface area (Å²) in [4.78, 5) is 15.7. The Kier molecular flexibility index (Phi) is 3.29. The third-order valence-corrected chi connectivity index (χ3v) is 4.19. The lowest BCUT2D eigenvalue weighted by atomic mass is 10.0. The van der Waals surface area contributed by atoms with Crippen LogP contribution in [0.3, 0.4) is 0 Å². The van der Waals surface area contributed by atoms with Crippen LogP contribution in [0.4, 0.5) is 0 Å². The van der Waals surface area contributed by atoms with Crippen LogP contribution in [0.1, 0.15) is 15.9 Å². The fourth-order valence-electron chi connectivity index (χ4n) is 2.07. The van der Waals surface area contributed by atoms with Gasteiger partial charge in [-0.3, -0.25) is 4.79 Å². The van der Waals surface area contributed by atoms with E-state index in [0.717, 1.165) is 19.8 Å². The minimum absolute atomic E-state index is 0.0109. The van der Waals surface area contributed by atoms with E-state index >= 15 is 0 Å². The fraction of sp³-hybridized carbons (Fsp3) is 0. The zero-order chi connectivity index (χ0) is 13.4. The number of fused-ring (bicyclic) bond motifs is 1. The van der Waals surface area contributed by atoms with E-state index in [1.165, 1.54) is 0 Å². The lowest BCUT2D eigenvalue weighted by Gasteiger charge is -2.02. The molecule has 0 spiro atoms. The Morgan fingerprint density at radius 2 is 1.79 bits per heavy atom. The van der Waals surface area contributed by atoms with Crippen molar-refractivity contribution in [1.82, 2.24) is 4.98 Å². The van der Waals surface area contributed by atoms with Crippen LogP contribution in [0.15, 0.2) is 57.6 Å². The van der Waals surface area contributed by atoms with Gasteiger partial charge in [0.15, 0.2) is 5.78 Å². The van der Waals surface area contributed by atoms with Crippen LogP contribution in [0.2, 0.25) is 0 Å². The number of aromatic nitrogens is 1. The molecular formula is C15H9Br2NO. The van der Waals surface area contributed by atoms with Crippen molar-refractivity contribution in [2.45, 2.75) is 0 Å². The van der Waals surface area contributed by atoms with Crippen LogP contribution in [0, 0.1) is 0 Å². The zero-order valence-electron chi connectivity index (χ0n) is 9.78. The summed E-state index contributed by atoms with van der Waals surface area (Å²) in [6, 6.07) is 13.3. The highest BCUT2D eigenvalue weighted by Crippen LogP contribution is 2.26. The van der Waals surface area contributed by atoms with Crippen LogP contribution in [-0.2, 0) is 0 Å². The molecule has 4 heteroatoms. The van der Waals surface area contributed by atoms with Crippen molar-refractivity contribution in [1.29, 1.82) is 0 Å². The van der Waals surface area contributed by atoms with E-state index in [0.29, 0.717) is 11.1 Å². The highest BCUT2D eigenvalue weighted by Gasteiger charge is 2.16. The molecule has 0 radical (unpaired) electrons. The first-order valence-electron chi connectivity index (χ1n) is 5.72. The summed E-state index contributed by atoms with van der Waals surface area (Å²) < 4.78 is 1.77. The minimum atomic E-state index is 0.0109. The summed E-state index contributed by atoms with van der Waals surface area (Å²) in [7, 11) is 0. The molecule has 0 fully saturated rings. The SMILES string of the molecule is O=C(c1ccccc1Br)c1c[nH]c2ccc(Br)cc12. The summed E-state index contributed by atoms with van der Waals surface area (Å²) in [5.41, 5.74) is 2.31. The fourth-order valence-corrected chi connectivity index (χ4v) is 2.90. The van der Waals surface area contributed by atoms with Crippen LogP contribution in [-0.4, -0.2) is 10.8 Å². The predicted octanol–water partition coefficient (Wildman–Crippen LogP) is 4.92. The van der Waals surface area contributed by atoms with Crippen LogP contribution >= 0.6 is 31.9 Å². The lowest BCUT2D eigenvalue weighted by molar-refractivity contribution is 0.103. The van der Waals surface area contributed by atoms with Gasteiger partial charge in [0.05, 0.1) is 0 Å². The standard InChI is InChI=1S/C15H9Br2NO/c16-9-5-6-14-11(7-9)12(8-18-14)15(19)10-3-1-2-4-13(10)17/h1-8,18H. The molecule has 0 aliphatic heterocycles. The van der Waals surface area contributed by atoms with Crippen molar-refractivity contribution in [3.8, 4) is 0 Å². The number of hydrogen-bond donors (Lipinski definition) is 1. The van der Waals surface area contributed by atoms with Crippen molar-refractivity contribution in [2.75, 3.05) is 0 Å². The minimum Gasteiger partial charge on any atom is -0.360 e. The molecule has 0 saturated carbocycles. The highest BCUT2D eigenvalue weighted by molar-refractivity contribution is 9.10. The van der Waals surface area contributed by atoms with Gasteiger partial charge in [-0.05, 0) is 30.3 Å². The monoisotopic (exact) mass is 377 g/mol. The molecule has 94 valence electrons. The van der Waals surface area contributed by atoms with E-state index in [2.05, 4.69) is 36.8 Å². The van der Waals surface area contributed by atoms with Gasteiger partial charge in [0.25, 0.3) is 0 Å². The molecule has 1 N–H and O–H groups in total. The van der Waals surface area contributed by atoms with Gasteiger partial charge in [-0.1, -0.05) is 44.0 Å². The molecule has 0 bridgehead atoms. The maximum atomic E-state index is 12.6. The Balaban J connectivity index is 2.17. The number of aromatic amines is 1. The normalized spacial score (nSPS) is 10.8. The number of carbonyl (C=O) groups is 1. The number of hydrogen-bond acceptors (Lipinski definition) is 1. The van der Waals surface area contributed by atoms with Gasteiger partial charge in [0, 0.05) is 37.2 Å². The molecule has 0 saturated heterocycles. The Morgan fingerprint density at radius 1 is 1.00 bits per heavy atom. The molecule has 1 aromatic heterocycles. The lowest BCUT2D eigenvalue weighted by Crippen LogP contribution is -2.01. The summed E-state index contributed by atoms with van der Waals surface area (Å²) in [6.07, 6.45) is 1.76. The molecule has 0 aliphatic carbocycles. The Labute approximate surface area is 127 Å². The third-order valence-electron chi connectivity index (χ3n) is 3.01. The number of benzene rings is 2. The first kappa shape index (κ1) is 12.6. The maximum absolute atomic E-state index is 12.6. The molecule has 0 atom stereocenters. The molecule has 3 aromatic rings. The quantitative estimate of drug-likeness (QED) is 0.630. The van der Waals surface area contributed by atoms with Gasteiger partial charge in [-0.2, -0.15) is 0 Å². The van der Waals surface area contributed by atoms with Crippen molar-refractivity contribution >= 4 is 48.5 Å². The largest absolute Gasteiger partial charge is 0.360 e. The Hall–Kier alpha value is -1.39. The number of nitrogens with one attached hydrogen (secondary N) is 1. The van der Waals surface area contributed by atoms with E-state index in [1.807, 2.05) is 42.5 Å². The van der Waals surface area contributed by atoms with Gasteiger partial charge >= 0.3 is 0 Å². The topological polar surface area (TPSA) is 32.9 Å². The Bertz CT molecular complexity index is 777. The summed E-state index contributed by atoms with van der Waals surface area (Å²) in [5.74, 6) is 0.0109. The van der Waals surface area contributed by atoms with E-state index in [1.54, 1.807) is 6.20 Å². The van der Waals surface area contributed by atoms with E-state index in [-0.39, 0.29) is 5.78 Å². The van der Waals surface area contributed by atoms with Crippen molar-refractivity contribution in [2.24, 2.45) is 0 Å². The second-order valence-corrected chi connectivity index (χ2v) is 5.97. The number of H-pyrrole nitrogens is 1. The predicted molar refractivity (Wildman–Crippen MR) is 83.6 cm³/mol. The summed E-state index contributed by atoms with van der Waals surface area (Å²) >= 11 is 6.86. The highest BCUT2D eigenvalue weighted by atomic mass is 79.9. The first-order chi connectivity index (χ1) is 9.16. The third kappa shape index (κ3) is 2.26. The van der Waals surface area contributed by atoms with Crippen molar-refractivity contribution in [3.05, 3.63) is 68.7 Å². The van der Waals surface area contributed by atoms with Gasteiger partial charge in [-0.15, -0.1) is 0 Å². The number of rotatable bonds is 2. The number of halogens is 2. The van der Waals surface area contributed by atoms with Crippen LogP contribution < -0.4 is 0 Å². The van der Waals surface area contributed by atoms with E-state index in [9.17, 15) is 4.79 Å². The second-order valence-electron chi connectivity index (χ2n) is 4.20. The van der Waals surface area contributed by atoms with Gasteiger partial charge in [0.2, 0.25) is 0 Å². The molecule has 0 amide bonds. The van der Waals surface area contributed by atoms with Crippen LogP contribution in [0.25, 0.3) is 10.9 Å². The first-order valence-corrected chi connectivity index (χ1v) is 7.31.